The molecule has 0 spiro atoms. The Kier molecular flexibility index (Phi) is 6.17. The lowest BCUT2D eigenvalue weighted by Gasteiger charge is -2.24. The Morgan fingerprint density at radius 2 is 1.88 bits per heavy atom. The van der Waals surface area contributed by atoms with E-state index in [-0.39, 0.29) is 6.42 Å². The van der Waals surface area contributed by atoms with Gasteiger partial charge in [0.25, 0.3) is 0 Å². The molecule has 1 amide bonds. The number of alkyl carbamates (subject to hydrolysis) is 1. The Balaban J connectivity index is 2.33. The minimum absolute atomic E-state index is 0.115. The highest BCUT2D eigenvalue weighted by atomic mass is 79.9. The van der Waals surface area contributed by atoms with Crippen LogP contribution in [0.15, 0.2) is 34.9 Å². The van der Waals surface area contributed by atoms with Crippen molar-refractivity contribution in [3.05, 3.63) is 57.8 Å². The molecular weight excluding hydrogens is 408 g/mol. The lowest BCUT2D eigenvalue weighted by Crippen LogP contribution is -2.36. The molecule has 1 heterocycles. The average molecular weight is 428 g/mol. The van der Waals surface area contributed by atoms with Crippen LogP contribution in [0.2, 0.25) is 0 Å². The molecule has 5 nitrogen and oxygen atoms in total. The smallest absolute Gasteiger partial charge is 0.408 e. The predicted molar refractivity (Wildman–Crippen MR) is 98.5 cm³/mol. The third-order valence-electron chi connectivity index (χ3n) is 3.27. The molecule has 1 unspecified atom stereocenters. The van der Waals surface area contributed by atoms with E-state index in [0.717, 1.165) is 6.07 Å². The number of nitrogens with two attached hydrogens (primary N) is 1. The second kappa shape index (κ2) is 7.99. The fourth-order valence-electron chi connectivity index (χ4n) is 2.35. The summed E-state index contributed by atoms with van der Waals surface area (Å²) in [6.45, 7) is 5.21. The molecule has 140 valence electrons. The number of halogens is 3. The van der Waals surface area contributed by atoms with Crippen LogP contribution < -0.4 is 11.1 Å². The summed E-state index contributed by atoms with van der Waals surface area (Å²) in [5.41, 5.74) is 6.29. The van der Waals surface area contributed by atoms with E-state index in [2.05, 4.69) is 26.2 Å². The van der Waals surface area contributed by atoms with Crippen molar-refractivity contribution in [2.45, 2.75) is 38.8 Å². The number of benzene rings is 1. The zero-order valence-electron chi connectivity index (χ0n) is 14.6. The summed E-state index contributed by atoms with van der Waals surface area (Å²) >= 11 is 3.36. The van der Waals surface area contributed by atoms with Crippen LogP contribution in [-0.2, 0) is 11.2 Å². The number of hydrogen-bond donors (Lipinski definition) is 2. The van der Waals surface area contributed by atoms with Crippen molar-refractivity contribution in [2.24, 2.45) is 0 Å². The van der Waals surface area contributed by atoms with Gasteiger partial charge in [-0.25, -0.2) is 13.6 Å². The minimum atomic E-state index is -0.694. The molecule has 1 aromatic carbocycles. The van der Waals surface area contributed by atoms with E-state index in [1.165, 1.54) is 18.3 Å². The van der Waals surface area contributed by atoms with Gasteiger partial charge in [-0.3, -0.25) is 4.98 Å². The number of aromatic nitrogens is 1. The van der Waals surface area contributed by atoms with Gasteiger partial charge >= 0.3 is 6.09 Å². The first-order chi connectivity index (χ1) is 12.0. The van der Waals surface area contributed by atoms with E-state index in [9.17, 15) is 13.6 Å². The van der Waals surface area contributed by atoms with Crippen molar-refractivity contribution >= 4 is 27.7 Å². The van der Waals surface area contributed by atoms with Gasteiger partial charge in [0, 0.05) is 10.5 Å². The highest BCUT2D eigenvalue weighted by Gasteiger charge is 2.23. The first-order valence-corrected chi connectivity index (χ1v) is 8.68. The normalized spacial score (nSPS) is 12.5. The van der Waals surface area contributed by atoms with E-state index in [1.807, 2.05) is 0 Å². The number of carbonyl (C=O) groups excluding carboxylic acids is 1. The Morgan fingerprint density at radius 3 is 2.42 bits per heavy atom. The SMILES string of the molecule is CC(C)(C)OC(=O)NC(Cc1cc(F)cc(F)c1)c1ncc(N)cc1Br. The Bertz CT molecular complexity index is 789. The summed E-state index contributed by atoms with van der Waals surface area (Å²) < 4.78 is 32.8. The number of anilines is 1. The number of nitrogens with one attached hydrogen (secondary N) is 1. The summed E-state index contributed by atoms with van der Waals surface area (Å²) in [5.74, 6) is -1.39. The molecule has 2 rings (SSSR count). The van der Waals surface area contributed by atoms with E-state index in [0.29, 0.717) is 21.4 Å². The van der Waals surface area contributed by atoms with Crippen molar-refractivity contribution in [2.75, 3.05) is 5.73 Å². The minimum Gasteiger partial charge on any atom is -0.444 e. The molecule has 0 fully saturated rings. The van der Waals surface area contributed by atoms with Gasteiger partial charge in [-0.2, -0.15) is 0 Å². The summed E-state index contributed by atoms with van der Waals surface area (Å²) in [5, 5.41) is 2.70. The van der Waals surface area contributed by atoms with Crippen molar-refractivity contribution in [3.8, 4) is 0 Å². The van der Waals surface area contributed by atoms with Crippen LogP contribution in [-0.4, -0.2) is 16.7 Å². The standard InChI is InChI=1S/C18H20BrF2N3O2/c1-18(2,3)26-17(25)24-15(16-14(19)8-13(22)9-23-16)6-10-4-11(20)7-12(21)5-10/h4-5,7-9,15H,6,22H2,1-3H3,(H,24,25). The summed E-state index contributed by atoms with van der Waals surface area (Å²) in [4.78, 5) is 16.4. The topological polar surface area (TPSA) is 77.2 Å². The second-order valence-electron chi connectivity index (χ2n) is 6.82. The summed E-state index contributed by atoms with van der Waals surface area (Å²) in [6, 6.07) is 4.16. The number of carbonyl (C=O) groups is 1. The Labute approximate surface area is 159 Å². The first kappa shape index (κ1) is 20.1. The maximum atomic E-state index is 13.5. The first-order valence-electron chi connectivity index (χ1n) is 7.89. The molecule has 8 heteroatoms. The van der Waals surface area contributed by atoms with Gasteiger partial charge in [-0.05, 0) is 66.9 Å². The molecule has 26 heavy (non-hydrogen) atoms. The van der Waals surface area contributed by atoms with Crippen LogP contribution >= 0.6 is 15.9 Å². The van der Waals surface area contributed by atoms with Crippen molar-refractivity contribution < 1.29 is 18.3 Å². The van der Waals surface area contributed by atoms with Gasteiger partial charge in [-0.1, -0.05) is 0 Å². The monoisotopic (exact) mass is 427 g/mol. The maximum absolute atomic E-state index is 13.5. The Hall–Kier alpha value is -2.22. The quantitative estimate of drug-likeness (QED) is 0.751. The zero-order chi connectivity index (χ0) is 19.5. The second-order valence-corrected chi connectivity index (χ2v) is 7.67. The molecule has 3 N–H and O–H groups in total. The van der Waals surface area contributed by atoms with Gasteiger partial charge in [0.2, 0.25) is 0 Å². The van der Waals surface area contributed by atoms with Gasteiger partial charge in [0.15, 0.2) is 0 Å². The third-order valence-corrected chi connectivity index (χ3v) is 3.91. The number of pyridine rings is 1. The third kappa shape index (κ3) is 5.94. The van der Waals surface area contributed by atoms with Gasteiger partial charge in [-0.15, -0.1) is 0 Å². The summed E-state index contributed by atoms with van der Waals surface area (Å²) in [7, 11) is 0. The fourth-order valence-corrected chi connectivity index (χ4v) is 2.99. The number of nitrogen functional groups attached to an aromatic ring is 1. The zero-order valence-corrected chi connectivity index (χ0v) is 16.2. The number of ether oxygens (including phenoxy) is 1. The highest BCUT2D eigenvalue weighted by Crippen LogP contribution is 2.27. The molecule has 1 aromatic heterocycles. The van der Waals surface area contributed by atoms with Crippen LogP contribution in [0.5, 0.6) is 0 Å². The number of hydrogen-bond acceptors (Lipinski definition) is 4. The number of nitrogens with zero attached hydrogens (tertiary/aromatic N) is 1. The molecule has 0 bridgehead atoms. The van der Waals surface area contributed by atoms with Gasteiger partial charge in [0.1, 0.15) is 17.2 Å². The van der Waals surface area contributed by atoms with Crippen molar-refractivity contribution in [1.82, 2.24) is 10.3 Å². The van der Waals surface area contributed by atoms with Crippen LogP contribution in [0.3, 0.4) is 0 Å². The molecule has 0 aliphatic heterocycles. The average Bonchev–Trinajstić information content (AvgIpc) is 2.43. The van der Waals surface area contributed by atoms with Crippen LogP contribution in [0.1, 0.15) is 38.1 Å². The largest absolute Gasteiger partial charge is 0.444 e. The molecule has 0 saturated heterocycles. The van der Waals surface area contributed by atoms with E-state index in [4.69, 9.17) is 10.5 Å². The molecule has 0 aliphatic carbocycles. The van der Waals surface area contributed by atoms with E-state index in [1.54, 1.807) is 26.8 Å². The van der Waals surface area contributed by atoms with Crippen LogP contribution in [0.4, 0.5) is 19.3 Å². The number of amides is 1. The lowest BCUT2D eigenvalue weighted by atomic mass is 10.0. The number of rotatable bonds is 4. The fraction of sp³-hybridized carbons (Fsp3) is 0.333. The molecule has 0 radical (unpaired) electrons. The molecular formula is C18H20BrF2N3O2. The van der Waals surface area contributed by atoms with Crippen molar-refractivity contribution in [3.63, 3.8) is 0 Å². The van der Waals surface area contributed by atoms with Gasteiger partial charge < -0.3 is 15.8 Å². The molecule has 2 aromatic rings. The van der Waals surface area contributed by atoms with Crippen LogP contribution in [0, 0.1) is 11.6 Å². The lowest BCUT2D eigenvalue weighted by molar-refractivity contribution is 0.0502. The molecule has 0 saturated carbocycles. The molecule has 1 atom stereocenters. The van der Waals surface area contributed by atoms with Gasteiger partial charge in [0.05, 0.1) is 23.6 Å². The Morgan fingerprint density at radius 1 is 1.27 bits per heavy atom. The predicted octanol–water partition coefficient (Wildman–Crippen LogP) is 4.51. The maximum Gasteiger partial charge on any atom is 0.408 e. The van der Waals surface area contributed by atoms with E-state index >= 15 is 0 Å². The highest BCUT2D eigenvalue weighted by molar-refractivity contribution is 9.10. The van der Waals surface area contributed by atoms with E-state index < -0.39 is 29.4 Å². The van der Waals surface area contributed by atoms with Crippen molar-refractivity contribution in [1.29, 1.82) is 0 Å². The molecule has 0 aliphatic rings. The van der Waals surface area contributed by atoms with Crippen LogP contribution in [0.25, 0.3) is 0 Å². The summed E-state index contributed by atoms with van der Waals surface area (Å²) in [6.07, 6.45) is 0.893.